The molecule has 120 heavy (non-hydrogen) atoms. The molecule has 0 amide bonds. The van der Waals surface area contributed by atoms with E-state index in [9.17, 15) is 0 Å². The number of rotatable bonds is 11. The second-order valence-electron chi connectivity index (χ2n) is 31.7. The number of hydrogen-bond acceptors (Lipinski definition) is 4. The van der Waals surface area contributed by atoms with E-state index >= 15 is 0 Å². The predicted molar refractivity (Wildman–Crippen MR) is 501 cm³/mol. The Morgan fingerprint density at radius 3 is 0.958 bits per heavy atom. The Hall–Kier alpha value is -16.2. The predicted octanol–water partition coefficient (Wildman–Crippen LogP) is 29.1. The minimum atomic E-state index is 0.647. The van der Waals surface area contributed by atoms with E-state index in [-0.39, 0.29) is 0 Å². The Kier molecular flexibility index (Phi) is 15.0. The van der Waals surface area contributed by atoms with Crippen LogP contribution in [-0.4, -0.2) is 38.2 Å². The third-order valence-electron chi connectivity index (χ3n) is 24.9. The third-order valence-corrected chi connectivity index (χ3v) is 24.9. The van der Waals surface area contributed by atoms with Crippen LogP contribution in [0, 0.1) is 0 Å². The van der Waals surface area contributed by atoms with Crippen molar-refractivity contribution in [2.45, 2.75) is 0 Å². The molecule has 0 aliphatic carbocycles. The van der Waals surface area contributed by atoms with Crippen LogP contribution in [0.4, 0.5) is 0 Å². The van der Waals surface area contributed by atoms with Crippen molar-refractivity contribution < 1.29 is 0 Å². The topological polar surface area (TPSA) is 71.3 Å². The number of benzene rings is 19. The highest BCUT2D eigenvalue weighted by molar-refractivity contribution is 6.18. The van der Waals surface area contributed by atoms with E-state index in [0.29, 0.717) is 11.6 Å². The first kappa shape index (κ1) is 67.2. The standard InChI is InChI=1S/C112H68N8/c1-5-21-69(22-6-1)79-44-53-93-99(63-79)113-109(115-111(93)119-105-66-81(71-25-9-3-10-26-71)42-51-91(105)97-59-76-31-15-16-32-77(76)65-107(97)119)84-46-55-103-95(60-84)89-33-17-19-35-101(89)117(103)87-48-39-74(40-49-87)78-37-38-83-68-108-98(62-86(83)57-78)92-52-43-82(72-27-11-4-12-28-72)67-106(92)120(108)112-94-54-45-80(70-23-7-2-8-24-70)64-100(94)114-110(116-112)85-47-56-104-96(61-85)90-34-18-20-36-102(90)118(104)88-50-41-73-29-13-14-30-75(73)58-88/h1-68H. The maximum Gasteiger partial charge on any atom is 0.162 e. The van der Waals surface area contributed by atoms with E-state index in [1.54, 1.807) is 0 Å². The molecule has 0 atom stereocenters. The van der Waals surface area contributed by atoms with Gasteiger partial charge in [-0.05, 0) is 227 Å². The molecule has 25 aromatic rings. The summed E-state index contributed by atoms with van der Waals surface area (Å²) in [5.41, 5.74) is 25.8. The van der Waals surface area contributed by atoms with Crippen LogP contribution < -0.4 is 0 Å². The summed E-state index contributed by atoms with van der Waals surface area (Å²) in [7, 11) is 0. The van der Waals surface area contributed by atoms with Gasteiger partial charge >= 0.3 is 0 Å². The quantitative estimate of drug-likeness (QED) is 0.129. The van der Waals surface area contributed by atoms with Crippen molar-refractivity contribution in [3.05, 3.63) is 413 Å². The van der Waals surface area contributed by atoms with Crippen LogP contribution in [0.3, 0.4) is 0 Å². The van der Waals surface area contributed by atoms with Gasteiger partial charge in [-0.25, -0.2) is 19.9 Å². The van der Waals surface area contributed by atoms with Crippen LogP contribution in [0.25, 0.3) is 243 Å². The number of hydrogen-bond donors (Lipinski definition) is 0. The van der Waals surface area contributed by atoms with Crippen LogP contribution >= 0.6 is 0 Å². The van der Waals surface area contributed by atoms with Crippen molar-refractivity contribution in [3.63, 3.8) is 0 Å². The summed E-state index contributed by atoms with van der Waals surface area (Å²) in [6.45, 7) is 0. The van der Waals surface area contributed by atoms with Gasteiger partial charge in [0.15, 0.2) is 11.6 Å². The van der Waals surface area contributed by atoms with E-state index in [4.69, 9.17) is 19.9 Å². The fourth-order valence-corrected chi connectivity index (χ4v) is 19.1. The average molecular weight is 1530 g/mol. The summed E-state index contributed by atoms with van der Waals surface area (Å²) < 4.78 is 9.59. The Morgan fingerprint density at radius 2 is 0.458 bits per heavy atom. The molecule has 8 nitrogen and oxygen atoms in total. The largest absolute Gasteiger partial charge is 0.309 e. The molecule has 6 aromatic heterocycles. The van der Waals surface area contributed by atoms with Gasteiger partial charge < -0.3 is 9.13 Å². The molecule has 0 aliphatic rings. The number of fused-ring (bicyclic) bond motifs is 17. The smallest absolute Gasteiger partial charge is 0.162 e. The van der Waals surface area contributed by atoms with Crippen molar-refractivity contribution in [2.24, 2.45) is 0 Å². The van der Waals surface area contributed by atoms with Crippen molar-refractivity contribution in [3.8, 4) is 101 Å². The van der Waals surface area contributed by atoms with Crippen molar-refractivity contribution in [1.29, 1.82) is 0 Å². The van der Waals surface area contributed by atoms with Gasteiger partial charge in [0.1, 0.15) is 11.6 Å². The lowest BCUT2D eigenvalue weighted by molar-refractivity contribution is 1.08. The van der Waals surface area contributed by atoms with E-state index < -0.39 is 0 Å². The normalized spacial score (nSPS) is 12.0. The van der Waals surface area contributed by atoms with Crippen molar-refractivity contribution in [2.75, 3.05) is 0 Å². The summed E-state index contributed by atoms with van der Waals surface area (Å²) >= 11 is 0. The summed E-state index contributed by atoms with van der Waals surface area (Å²) in [4.78, 5) is 22.7. The van der Waals surface area contributed by atoms with Gasteiger partial charge in [-0.1, -0.05) is 273 Å². The summed E-state index contributed by atoms with van der Waals surface area (Å²) in [5.74, 6) is 2.93. The summed E-state index contributed by atoms with van der Waals surface area (Å²) in [6, 6.07) is 150. The van der Waals surface area contributed by atoms with E-state index in [1.807, 2.05) is 0 Å². The van der Waals surface area contributed by atoms with E-state index in [2.05, 4.69) is 431 Å². The molecular formula is C112H68N8. The second-order valence-corrected chi connectivity index (χ2v) is 31.7. The first-order valence-electron chi connectivity index (χ1n) is 41.0. The molecule has 25 rings (SSSR count). The van der Waals surface area contributed by atoms with Gasteiger partial charge in [0.05, 0.1) is 55.2 Å². The highest BCUT2D eigenvalue weighted by Gasteiger charge is 2.26. The SMILES string of the molecule is c1ccc(-c2ccc3c(-n4c5cc(-c6ccccc6)ccc5c5cc6ccccc6cc54)nc(-c4ccc5c(c4)c4ccccc4n5-c4ccc(-c5ccc6cc7c(cc6c5)c5ccc(-c6ccccc6)cc5n7-c5nc(-c6ccc7c(c6)c6ccccc6n7-c6ccc7ccccc7c6)nc6cc(-c7ccccc7)ccc56)cc4)nc3c2)cc1. The van der Waals surface area contributed by atoms with E-state index in [1.165, 1.54) is 32.3 Å². The molecule has 6 heterocycles. The molecule has 0 bridgehead atoms. The van der Waals surface area contributed by atoms with Crippen LogP contribution in [0.15, 0.2) is 413 Å². The molecule has 0 unspecified atom stereocenters. The molecule has 19 aromatic carbocycles. The molecule has 0 radical (unpaired) electrons. The molecule has 0 saturated carbocycles. The van der Waals surface area contributed by atoms with Crippen LogP contribution in [0.5, 0.6) is 0 Å². The Morgan fingerprint density at radius 1 is 0.142 bits per heavy atom. The lowest BCUT2D eigenvalue weighted by atomic mass is 9.99. The zero-order valence-electron chi connectivity index (χ0n) is 64.8. The Labute approximate surface area is 688 Å². The van der Waals surface area contributed by atoms with Crippen LogP contribution in [0.2, 0.25) is 0 Å². The van der Waals surface area contributed by atoms with E-state index in [0.717, 1.165) is 199 Å². The molecular weight excluding hydrogens is 1460 g/mol. The second kappa shape index (κ2) is 26.7. The fraction of sp³-hybridized carbons (Fsp3) is 0. The van der Waals surface area contributed by atoms with Crippen molar-refractivity contribution in [1.82, 2.24) is 38.2 Å². The zero-order chi connectivity index (χ0) is 78.6. The number of para-hydroxylation sites is 2. The zero-order valence-corrected chi connectivity index (χ0v) is 64.8. The first-order valence-corrected chi connectivity index (χ1v) is 41.0. The minimum absolute atomic E-state index is 0.647. The number of nitrogens with zero attached hydrogens (tertiary/aromatic N) is 8. The first-order chi connectivity index (χ1) is 59.4. The van der Waals surface area contributed by atoms with Gasteiger partial charge in [0, 0.05) is 76.4 Å². The molecule has 0 aliphatic heterocycles. The highest BCUT2D eigenvalue weighted by atomic mass is 15.1. The maximum absolute atomic E-state index is 5.81. The Bertz CT molecular complexity index is 8570. The lowest BCUT2D eigenvalue weighted by Crippen LogP contribution is -2.03. The van der Waals surface area contributed by atoms with Gasteiger partial charge in [0.2, 0.25) is 0 Å². The summed E-state index contributed by atoms with van der Waals surface area (Å²) in [5, 5.41) is 18.1. The average Bonchev–Trinajstić information content (AvgIpc) is 1.58. The molecule has 8 heteroatoms. The Balaban J connectivity index is 0.613. The highest BCUT2D eigenvalue weighted by Crippen LogP contribution is 2.46. The van der Waals surface area contributed by atoms with Crippen LogP contribution in [0.1, 0.15) is 0 Å². The molecule has 0 N–H and O–H groups in total. The van der Waals surface area contributed by atoms with Crippen molar-refractivity contribution >= 4 is 141 Å². The third kappa shape index (κ3) is 10.8. The van der Waals surface area contributed by atoms with Gasteiger partial charge in [-0.15, -0.1) is 0 Å². The lowest BCUT2D eigenvalue weighted by Gasteiger charge is -2.15. The molecule has 0 fully saturated rings. The minimum Gasteiger partial charge on any atom is -0.309 e. The molecule has 0 saturated heterocycles. The van der Waals surface area contributed by atoms with Crippen LogP contribution in [-0.2, 0) is 0 Å². The van der Waals surface area contributed by atoms with Gasteiger partial charge in [-0.2, -0.15) is 0 Å². The summed E-state index contributed by atoms with van der Waals surface area (Å²) in [6.07, 6.45) is 0. The fourth-order valence-electron chi connectivity index (χ4n) is 19.1. The van der Waals surface area contributed by atoms with Gasteiger partial charge in [0.25, 0.3) is 0 Å². The van der Waals surface area contributed by atoms with Gasteiger partial charge in [-0.3, -0.25) is 9.13 Å². The monoisotopic (exact) mass is 1520 g/mol. The molecule has 556 valence electrons. The maximum atomic E-state index is 5.81. The molecule has 0 spiro atoms. The number of aromatic nitrogens is 8.